The van der Waals surface area contributed by atoms with E-state index in [9.17, 15) is 9.59 Å². The molecular weight excluding hydrogens is 370 g/mol. The number of hydrogen-bond donors (Lipinski definition) is 2. The Labute approximate surface area is 170 Å². The van der Waals surface area contributed by atoms with E-state index in [4.69, 9.17) is 0 Å². The van der Waals surface area contributed by atoms with Crippen molar-refractivity contribution >= 4 is 11.8 Å². The van der Waals surface area contributed by atoms with Crippen molar-refractivity contribution in [3.8, 4) is 0 Å². The maximum Gasteiger partial charge on any atom is 0.272 e. The third-order valence-corrected chi connectivity index (χ3v) is 5.89. The van der Waals surface area contributed by atoms with Gasteiger partial charge >= 0.3 is 0 Å². The number of carbonyl (C=O) groups is 2. The largest absolute Gasteiger partial charge is 0.348 e. The van der Waals surface area contributed by atoms with Gasteiger partial charge in [0.15, 0.2) is 5.69 Å². The molecule has 9 heteroatoms. The van der Waals surface area contributed by atoms with Crippen molar-refractivity contribution in [2.24, 2.45) is 0 Å². The second-order valence-corrected chi connectivity index (χ2v) is 8.02. The number of aryl methyl sites for hydroxylation is 1. The predicted octanol–water partition coefficient (Wildman–Crippen LogP) is 0.795. The van der Waals surface area contributed by atoms with Crippen LogP contribution in [0.2, 0.25) is 0 Å². The van der Waals surface area contributed by atoms with Gasteiger partial charge in [0.25, 0.3) is 5.91 Å². The Morgan fingerprint density at radius 1 is 1.28 bits per heavy atom. The summed E-state index contributed by atoms with van der Waals surface area (Å²) in [7, 11) is 2.10. The molecule has 156 valence electrons. The molecular formula is C20H29N7O2. The van der Waals surface area contributed by atoms with Gasteiger partial charge in [-0.3, -0.25) is 19.4 Å². The maximum atomic E-state index is 12.7. The molecule has 9 nitrogen and oxygen atoms in total. The summed E-state index contributed by atoms with van der Waals surface area (Å²) < 4.78 is 1.84. The van der Waals surface area contributed by atoms with E-state index in [1.165, 1.54) is 0 Å². The van der Waals surface area contributed by atoms with Crippen LogP contribution in [0.15, 0.2) is 18.5 Å². The summed E-state index contributed by atoms with van der Waals surface area (Å²) in [6, 6.07) is 2.09. The molecule has 1 saturated heterocycles. The van der Waals surface area contributed by atoms with Crippen LogP contribution in [0, 0.1) is 0 Å². The van der Waals surface area contributed by atoms with Crippen LogP contribution < -0.4 is 5.32 Å². The number of carbonyl (C=O) groups excluding carboxylic acids is 2. The van der Waals surface area contributed by atoms with Gasteiger partial charge in [-0.05, 0) is 51.9 Å². The number of hydrogen-bond acceptors (Lipinski definition) is 5. The van der Waals surface area contributed by atoms with Crippen LogP contribution in [0.5, 0.6) is 0 Å². The van der Waals surface area contributed by atoms with E-state index in [-0.39, 0.29) is 17.9 Å². The Balaban J connectivity index is 1.29. The van der Waals surface area contributed by atoms with Crippen LogP contribution in [0.1, 0.15) is 47.4 Å². The van der Waals surface area contributed by atoms with E-state index in [0.717, 1.165) is 50.2 Å². The highest BCUT2D eigenvalue weighted by molar-refractivity contribution is 5.94. The number of rotatable bonds is 6. The minimum atomic E-state index is -0.101. The van der Waals surface area contributed by atoms with Gasteiger partial charge in [0, 0.05) is 43.5 Å². The molecule has 29 heavy (non-hydrogen) atoms. The molecule has 2 aliphatic rings. The first kappa shape index (κ1) is 19.6. The fourth-order valence-electron chi connectivity index (χ4n) is 4.11. The molecule has 0 unspecified atom stereocenters. The number of aromatic amines is 1. The van der Waals surface area contributed by atoms with Gasteiger partial charge in [0.2, 0.25) is 5.91 Å². The molecule has 0 aromatic carbocycles. The highest BCUT2D eigenvalue weighted by Gasteiger charge is 2.28. The molecule has 4 heterocycles. The molecule has 0 spiro atoms. The van der Waals surface area contributed by atoms with Crippen molar-refractivity contribution < 1.29 is 9.59 Å². The van der Waals surface area contributed by atoms with Gasteiger partial charge in [-0.1, -0.05) is 0 Å². The fraction of sp³-hybridized carbons (Fsp3) is 0.600. The van der Waals surface area contributed by atoms with Crippen LogP contribution in [0.3, 0.4) is 0 Å². The van der Waals surface area contributed by atoms with E-state index >= 15 is 0 Å². The molecule has 0 saturated carbocycles. The van der Waals surface area contributed by atoms with Crippen molar-refractivity contribution in [3.05, 3.63) is 35.4 Å². The van der Waals surface area contributed by atoms with Crippen molar-refractivity contribution in [3.63, 3.8) is 0 Å². The van der Waals surface area contributed by atoms with Crippen molar-refractivity contribution in [1.82, 2.24) is 35.1 Å². The predicted molar refractivity (Wildman–Crippen MR) is 107 cm³/mol. The van der Waals surface area contributed by atoms with Gasteiger partial charge in [-0.2, -0.15) is 10.2 Å². The molecule has 0 atom stereocenters. The van der Waals surface area contributed by atoms with E-state index in [0.29, 0.717) is 31.6 Å². The van der Waals surface area contributed by atoms with Gasteiger partial charge in [0.05, 0.1) is 12.2 Å². The van der Waals surface area contributed by atoms with Gasteiger partial charge in [-0.25, -0.2) is 0 Å². The lowest BCUT2D eigenvalue weighted by Crippen LogP contribution is -2.43. The highest BCUT2D eigenvalue weighted by atomic mass is 16.2. The number of aromatic nitrogens is 4. The fourth-order valence-corrected chi connectivity index (χ4v) is 4.11. The summed E-state index contributed by atoms with van der Waals surface area (Å²) >= 11 is 0. The summed E-state index contributed by atoms with van der Waals surface area (Å²) in [5.41, 5.74) is 2.32. The average molecular weight is 399 g/mol. The van der Waals surface area contributed by atoms with Crippen molar-refractivity contribution in [1.29, 1.82) is 0 Å². The Hall–Kier alpha value is -2.68. The molecule has 0 aliphatic carbocycles. The molecule has 2 amide bonds. The Kier molecular flexibility index (Phi) is 5.94. The van der Waals surface area contributed by atoms with E-state index in [1.807, 2.05) is 21.8 Å². The lowest BCUT2D eigenvalue weighted by Gasteiger charge is -2.29. The van der Waals surface area contributed by atoms with Crippen molar-refractivity contribution in [2.45, 2.75) is 51.2 Å². The van der Waals surface area contributed by atoms with Crippen LogP contribution in [-0.2, 0) is 24.3 Å². The zero-order valence-corrected chi connectivity index (χ0v) is 16.9. The molecule has 2 aromatic rings. The Morgan fingerprint density at radius 3 is 2.86 bits per heavy atom. The first-order chi connectivity index (χ1) is 14.1. The first-order valence-electron chi connectivity index (χ1n) is 10.4. The second-order valence-electron chi connectivity index (χ2n) is 8.02. The quantitative estimate of drug-likeness (QED) is 0.748. The molecule has 0 radical (unpaired) electrons. The monoisotopic (exact) mass is 399 g/mol. The molecule has 2 aliphatic heterocycles. The summed E-state index contributed by atoms with van der Waals surface area (Å²) in [5, 5.41) is 14.5. The number of piperidine rings is 1. The molecule has 0 bridgehead atoms. The van der Waals surface area contributed by atoms with Crippen LogP contribution in [0.25, 0.3) is 0 Å². The standard InChI is InChI=1S/C20H29N7O2/c1-25-11-5-15(6-12-25)22-20(29)19-16-7-13-26(14-17(16)23-24-19)18(28)4-2-9-27-10-3-8-21-27/h3,8,10,15H,2,4-7,9,11-14H2,1H3,(H,22,29)(H,23,24). The van der Waals surface area contributed by atoms with Crippen LogP contribution in [0.4, 0.5) is 0 Å². The normalized spacial score (nSPS) is 17.9. The molecule has 1 fully saturated rings. The van der Waals surface area contributed by atoms with E-state index in [2.05, 4.69) is 32.6 Å². The number of amides is 2. The summed E-state index contributed by atoms with van der Waals surface area (Å²) in [4.78, 5) is 29.4. The van der Waals surface area contributed by atoms with Crippen LogP contribution in [-0.4, -0.2) is 74.3 Å². The van der Waals surface area contributed by atoms with Crippen LogP contribution >= 0.6 is 0 Å². The number of fused-ring (bicyclic) bond motifs is 1. The Morgan fingerprint density at radius 2 is 2.10 bits per heavy atom. The number of nitrogens with zero attached hydrogens (tertiary/aromatic N) is 5. The lowest BCUT2D eigenvalue weighted by atomic mass is 10.0. The van der Waals surface area contributed by atoms with Gasteiger partial charge < -0.3 is 15.1 Å². The third kappa shape index (κ3) is 4.67. The second kappa shape index (κ2) is 8.77. The summed E-state index contributed by atoms with van der Waals surface area (Å²) in [5.74, 6) is 0.0331. The number of H-pyrrole nitrogens is 1. The highest BCUT2D eigenvalue weighted by Crippen LogP contribution is 2.21. The zero-order valence-electron chi connectivity index (χ0n) is 16.9. The average Bonchev–Trinajstić information content (AvgIpc) is 3.38. The first-order valence-corrected chi connectivity index (χ1v) is 10.4. The smallest absolute Gasteiger partial charge is 0.272 e. The number of likely N-dealkylation sites (tertiary alicyclic amines) is 1. The topological polar surface area (TPSA) is 99.2 Å². The molecule has 4 rings (SSSR count). The molecule has 2 N–H and O–H groups in total. The number of nitrogens with one attached hydrogen (secondary N) is 2. The van der Waals surface area contributed by atoms with Crippen molar-refractivity contribution in [2.75, 3.05) is 26.7 Å². The minimum absolute atomic E-state index is 0.101. The van der Waals surface area contributed by atoms with E-state index < -0.39 is 0 Å². The Bertz CT molecular complexity index is 837. The third-order valence-electron chi connectivity index (χ3n) is 5.89. The SMILES string of the molecule is CN1CCC(NC(=O)c2n[nH]c3c2CCN(C(=O)CCCn2cccn2)C3)CC1. The van der Waals surface area contributed by atoms with Gasteiger partial charge in [0.1, 0.15) is 0 Å². The van der Waals surface area contributed by atoms with Gasteiger partial charge in [-0.15, -0.1) is 0 Å². The van der Waals surface area contributed by atoms with E-state index in [1.54, 1.807) is 6.20 Å². The summed E-state index contributed by atoms with van der Waals surface area (Å²) in [6.07, 6.45) is 7.50. The minimum Gasteiger partial charge on any atom is -0.348 e. The maximum absolute atomic E-state index is 12.7. The molecule has 2 aromatic heterocycles. The lowest BCUT2D eigenvalue weighted by molar-refractivity contribution is -0.132. The summed E-state index contributed by atoms with van der Waals surface area (Å²) in [6.45, 7) is 3.86. The zero-order chi connectivity index (χ0) is 20.2.